The molecule has 0 amide bonds. The number of carboxylic acid groups (broad SMARTS) is 1. The van der Waals surface area contributed by atoms with E-state index >= 15 is 0 Å². The summed E-state index contributed by atoms with van der Waals surface area (Å²) in [7, 11) is 0. The monoisotopic (exact) mass is 269 g/mol. The van der Waals surface area contributed by atoms with Crippen LogP contribution in [0.15, 0.2) is 49.0 Å². The van der Waals surface area contributed by atoms with Crippen molar-refractivity contribution in [3.63, 3.8) is 0 Å². The molecule has 0 fully saturated rings. The number of rotatable bonds is 5. The molecule has 0 aromatic heterocycles. The third-order valence-corrected chi connectivity index (χ3v) is 3.03. The molecule has 4 nitrogen and oxygen atoms in total. The van der Waals surface area contributed by atoms with Gasteiger partial charge in [-0.15, -0.1) is 0 Å². The Kier molecular flexibility index (Phi) is 4.17. The number of benzene rings is 2. The number of carbonyl (C=O) groups is 1. The van der Waals surface area contributed by atoms with Gasteiger partial charge in [-0.1, -0.05) is 43.0 Å². The molecule has 20 heavy (non-hydrogen) atoms. The molecule has 102 valence electrons. The Morgan fingerprint density at radius 3 is 2.40 bits per heavy atom. The standard InChI is InChI=1S/C16H15NO3/c1-2-11-3-5-12(6-4-11)9-13-7-8-14(16(18)19)15(10-13)20-17/h2-8,10H,1,9,17H2,(H,18,19). The molecule has 2 aromatic carbocycles. The Bertz CT molecular complexity index is 633. The second kappa shape index (κ2) is 6.04. The normalized spacial score (nSPS) is 10.1. The lowest BCUT2D eigenvalue weighted by Crippen LogP contribution is -2.08. The Morgan fingerprint density at radius 1 is 1.20 bits per heavy atom. The van der Waals surface area contributed by atoms with Crippen molar-refractivity contribution in [1.82, 2.24) is 0 Å². The van der Waals surface area contributed by atoms with E-state index in [4.69, 9.17) is 11.0 Å². The summed E-state index contributed by atoms with van der Waals surface area (Å²) in [5, 5.41) is 8.99. The quantitative estimate of drug-likeness (QED) is 0.819. The van der Waals surface area contributed by atoms with Crippen molar-refractivity contribution < 1.29 is 14.7 Å². The highest BCUT2D eigenvalue weighted by atomic mass is 16.6. The molecule has 2 aromatic rings. The van der Waals surface area contributed by atoms with E-state index in [1.165, 1.54) is 6.07 Å². The van der Waals surface area contributed by atoms with Gasteiger partial charge in [0, 0.05) is 0 Å². The minimum Gasteiger partial charge on any atom is -0.478 e. The van der Waals surface area contributed by atoms with E-state index in [0.29, 0.717) is 6.42 Å². The van der Waals surface area contributed by atoms with Gasteiger partial charge in [0.15, 0.2) is 5.75 Å². The smallest absolute Gasteiger partial charge is 0.339 e. The SMILES string of the molecule is C=Cc1ccc(Cc2ccc(C(=O)O)c(ON)c2)cc1. The predicted octanol–water partition coefficient (Wildman–Crippen LogP) is 2.87. The highest BCUT2D eigenvalue weighted by molar-refractivity contribution is 5.90. The first-order valence-electron chi connectivity index (χ1n) is 6.08. The fourth-order valence-electron chi connectivity index (χ4n) is 1.96. The summed E-state index contributed by atoms with van der Waals surface area (Å²) in [5.74, 6) is 4.22. The fraction of sp³-hybridized carbons (Fsp3) is 0.0625. The van der Waals surface area contributed by atoms with E-state index in [0.717, 1.165) is 16.7 Å². The van der Waals surface area contributed by atoms with Crippen molar-refractivity contribution in [2.75, 3.05) is 0 Å². The van der Waals surface area contributed by atoms with Gasteiger partial charge in [0.05, 0.1) is 0 Å². The Labute approximate surface area is 117 Å². The third-order valence-electron chi connectivity index (χ3n) is 3.03. The van der Waals surface area contributed by atoms with Gasteiger partial charge in [-0.25, -0.2) is 4.79 Å². The van der Waals surface area contributed by atoms with Gasteiger partial charge in [-0.2, -0.15) is 5.90 Å². The van der Waals surface area contributed by atoms with E-state index in [-0.39, 0.29) is 11.3 Å². The average Bonchev–Trinajstić information content (AvgIpc) is 2.47. The van der Waals surface area contributed by atoms with Crippen LogP contribution in [-0.2, 0) is 6.42 Å². The van der Waals surface area contributed by atoms with E-state index in [1.54, 1.807) is 18.2 Å². The van der Waals surface area contributed by atoms with Crippen LogP contribution >= 0.6 is 0 Å². The summed E-state index contributed by atoms with van der Waals surface area (Å²) in [5.41, 5.74) is 3.16. The zero-order valence-corrected chi connectivity index (χ0v) is 10.9. The molecule has 3 N–H and O–H groups in total. The van der Waals surface area contributed by atoms with Crippen LogP contribution in [0.25, 0.3) is 6.08 Å². The molecule has 0 bridgehead atoms. The van der Waals surface area contributed by atoms with Crippen LogP contribution in [0.1, 0.15) is 27.0 Å². The molecule has 0 atom stereocenters. The largest absolute Gasteiger partial charge is 0.478 e. The molecular formula is C16H15NO3. The lowest BCUT2D eigenvalue weighted by atomic mass is 10.0. The van der Waals surface area contributed by atoms with E-state index in [1.807, 2.05) is 24.3 Å². The summed E-state index contributed by atoms with van der Waals surface area (Å²) in [6.45, 7) is 3.71. The van der Waals surface area contributed by atoms with Gasteiger partial charge in [0.2, 0.25) is 0 Å². The van der Waals surface area contributed by atoms with Crippen LogP contribution in [0.2, 0.25) is 0 Å². The van der Waals surface area contributed by atoms with Crippen LogP contribution in [0, 0.1) is 0 Å². The molecule has 0 unspecified atom stereocenters. The number of carboxylic acids is 1. The van der Waals surface area contributed by atoms with Crippen molar-refractivity contribution >= 4 is 12.0 Å². The van der Waals surface area contributed by atoms with Gasteiger partial charge in [-0.3, -0.25) is 0 Å². The Balaban J connectivity index is 2.24. The highest BCUT2D eigenvalue weighted by Crippen LogP contribution is 2.21. The maximum absolute atomic E-state index is 11.0. The predicted molar refractivity (Wildman–Crippen MR) is 77.6 cm³/mol. The fourth-order valence-corrected chi connectivity index (χ4v) is 1.96. The van der Waals surface area contributed by atoms with Crippen LogP contribution in [0.4, 0.5) is 0 Å². The maximum atomic E-state index is 11.0. The topological polar surface area (TPSA) is 72.5 Å². The Morgan fingerprint density at radius 2 is 1.85 bits per heavy atom. The number of aromatic carboxylic acids is 1. The van der Waals surface area contributed by atoms with Gasteiger partial charge in [0.1, 0.15) is 5.56 Å². The van der Waals surface area contributed by atoms with Crippen molar-refractivity contribution in [1.29, 1.82) is 0 Å². The average molecular weight is 269 g/mol. The molecule has 0 radical (unpaired) electrons. The first-order valence-corrected chi connectivity index (χ1v) is 6.08. The van der Waals surface area contributed by atoms with Gasteiger partial charge in [0.25, 0.3) is 0 Å². The lowest BCUT2D eigenvalue weighted by Gasteiger charge is -2.07. The molecule has 0 heterocycles. The van der Waals surface area contributed by atoms with Crippen molar-refractivity contribution in [2.24, 2.45) is 5.90 Å². The first kappa shape index (κ1) is 13.8. The Hall–Kier alpha value is -2.59. The van der Waals surface area contributed by atoms with Crippen LogP contribution < -0.4 is 10.7 Å². The molecule has 0 saturated carbocycles. The maximum Gasteiger partial charge on any atom is 0.339 e. The lowest BCUT2D eigenvalue weighted by molar-refractivity contribution is 0.0692. The van der Waals surface area contributed by atoms with E-state index in [2.05, 4.69) is 11.4 Å². The minimum atomic E-state index is -1.06. The number of nitrogens with two attached hydrogens (primary N) is 1. The van der Waals surface area contributed by atoms with Gasteiger partial charge >= 0.3 is 5.97 Å². The summed E-state index contributed by atoms with van der Waals surface area (Å²) >= 11 is 0. The summed E-state index contributed by atoms with van der Waals surface area (Å²) in [4.78, 5) is 15.6. The molecular weight excluding hydrogens is 254 g/mol. The second-order valence-corrected chi connectivity index (χ2v) is 4.38. The minimum absolute atomic E-state index is 0.0539. The van der Waals surface area contributed by atoms with E-state index < -0.39 is 5.97 Å². The molecule has 0 saturated heterocycles. The third kappa shape index (κ3) is 3.05. The second-order valence-electron chi connectivity index (χ2n) is 4.38. The molecule has 0 spiro atoms. The summed E-state index contributed by atoms with van der Waals surface area (Å²) in [6.07, 6.45) is 2.46. The summed E-state index contributed by atoms with van der Waals surface area (Å²) in [6, 6.07) is 12.9. The number of hydrogen-bond acceptors (Lipinski definition) is 3. The number of hydrogen-bond donors (Lipinski definition) is 2. The molecule has 0 aliphatic rings. The highest BCUT2D eigenvalue weighted by Gasteiger charge is 2.11. The zero-order valence-electron chi connectivity index (χ0n) is 10.9. The molecule has 4 heteroatoms. The molecule has 2 rings (SSSR count). The van der Waals surface area contributed by atoms with Crippen LogP contribution in [0.3, 0.4) is 0 Å². The van der Waals surface area contributed by atoms with Crippen molar-refractivity contribution in [3.8, 4) is 5.75 Å². The molecule has 0 aliphatic heterocycles. The van der Waals surface area contributed by atoms with Gasteiger partial charge in [-0.05, 0) is 35.2 Å². The zero-order chi connectivity index (χ0) is 14.5. The van der Waals surface area contributed by atoms with Gasteiger partial charge < -0.3 is 9.94 Å². The molecule has 0 aliphatic carbocycles. The van der Waals surface area contributed by atoms with Crippen molar-refractivity contribution in [3.05, 3.63) is 71.3 Å². The first-order chi connectivity index (χ1) is 9.63. The van der Waals surface area contributed by atoms with Crippen molar-refractivity contribution in [2.45, 2.75) is 6.42 Å². The van der Waals surface area contributed by atoms with Crippen LogP contribution in [0.5, 0.6) is 5.75 Å². The van der Waals surface area contributed by atoms with E-state index in [9.17, 15) is 4.79 Å². The summed E-state index contributed by atoms with van der Waals surface area (Å²) < 4.78 is 0. The van der Waals surface area contributed by atoms with Crippen LogP contribution in [-0.4, -0.2) is 11.1 Å².